The SMILES string of the molecule is CC1(C)OB(c2ccc(-c3ccc4ccc(-c5ccccc5)cc4c3)cc2)OC1(C)C. The molecule has 31 heavy (non-hydrogen) atoms. The highest BCUT2D eigenvalue weighted by molar-refractivity contribution is 6.62. The van der Waals surface area contributed by atoms with Crippen LogP contribution in [-0.2, 0) is 9.31 Å². The molecule has 0 N–H and O–H groups in total. The van der Waals surface area contributed by atoms with Crippen LogP contribution in [0.2, 0.25) is 0 Å². The molecule has 3 heteroatoms. The lowest BCUT2D eigenvalue weighted by molar-refractivity contribution is 0.00578. The summed E-state index contributed by atoms with van der Waals surface area (Å²) < 4.78 is 12.4. The van der Waals surface area contributed by atoms with Gasteiger partial charge in [-0.25, -0.2) is 0 Å². The number of hydrogen-bond donors (Lipinski definition) is 0. The molecule has 0 unspecified atom stereocenters. The van der Waals surface area contributed by atoms with Gasteiger partial charge in [-0.15, -0.1) is 0 Å². The summed E-state index contributed by atoms with van der Waals surface area (Å²) in [5, 5.41) is 2.49. The normalized spacial score (nSPS) is 17.2. The van der Waals surface area contributed by atoms with Gasteiger partial charge < -0.3 is 9.31 Å². The van der Waals surface area contributed by atoms with Gasteiger partial charge in [0, 0.05) is 0 Å². The van der Waals surface area contributed by atoms with Crippen molar-refractivity contribution in [1.29, 1.82) is 0 Å². The molecule has 5 rings (SSSR count). The number of benzene rings is 4. The van der Waals surface area contributed by atoms with Crippen LogP contribution < -0.4 is 5.46 Å². The molecule has 1 saturated heterocycles. The fraction of sp³-hybridized carbons (Fsp3) is 0.214. The minimum absolute atomic E-state index is 0.328. The first-order valence-corrected chi connectivity index (χ1v) is 10.9. The van der Waals surface area contributed by atoms with Gasteiger partial charge in [-0.3, -0.25) is 0 Å². The monoisotopic (exact) mass is 406 g/mol. The first-order chi connectivity index (χ1) is 14.8. The molecule has 0 aliphatic carbocycles. The molecule has 1 fully saturated rings. The van der Waals surface area contributed by atoms with Crippen LogP contribution in [0.1, 0.15) is 27.7 Å². The molecule has 0 spiro atoms. The molecule has 2 nitrogen and oxygen atoms in total. The maximum atomic E-state index is 6.19. The average Bonchev–Trinajstić information content (AvgIpc) is 3.00. The third-order valence-electron chi connectivity index (χ3n) is 6.72. The molecule has 0 bridgehead atoms. The van der Waals surface area contributed by atoms with Crippen molar-refractivity contribution >= 4 is 23.4 Å². The Kier molecular flexibility index (Phi) is 4.77. The van der Waals surface area contributed by atoms with Crippen LogP contribution in [0.25, 0.3) is 33.0 Å². The highest BCUT2D eigenvalue weighted by Crippen LogP contribution is 2.36. The first kappa shape index (κ1) is 20.1. The van der Waals surface area contributed by atoms with Crippen molar-refractivity contribution in [1.82, 2.24) is 0 Å². The molecule has 4 aromatic carbocycles. The molecule has 1 heterocycles. The highest BCUT2D eigenvalue weighted by atomic mass is 16.7. The van der Waals surface area contributed by atoms with Gasteiger partial charge >= 0.3 is 7.12 Å². The average molecular weight is 406 g/mol. The second-order valence-corrected chi connectivity index (χ2v) is 9.35. The molecule has 0 aromatic heterocycles. The van der Waals surface area contributed by atoms with E-state index in [2.05, 4.69) is 119 Å². The summed E-state index contributed by atoms with van der Waals surface area (Å²) in [4.78, 5) is 0. The predicted molar refractivity (Wildman–Crippen MR) is 131 cm³/mol. The van der Waals surface area contributed by atoms with Gasteiger partial charge in [0.15, 0.2) is 0 Å². The van der Waals surface area contributed by atoms with Gasteiger partial charge in [0.1, 0.15) is 0 Å². The number of rotatable bonds is 3. The zero-order valence-electron chi connectivity index (χ0n) is 18.6. The molecule has 1 aliphatic rings. The molecule has 1 aliphatic heterocycles. The van der Waals surface area contributed by atoms with Crippen LogP contribution in [-0.4, -0.2) is 18.3 Å². The Morgan fingerprint density at radius 1 is 0.516 bits per heavy atom. The summed E-state index contributed by atoms with van der Waals surface area (Å²) in [5.41, 5.74) is 5.26. The Morgan fingerprint density at radius 2 is 1.00 bits per heavy atom. The van der Waals surface area contributed by atoms with Crippen molar-refractivity contribution < 1.29 is 9.31 Å². The second-order valence-electron chi connectivity index (χ2n) is 9.35. The second kappa shape index (κ2) is 7.37. The van der Waals surface area contributed by atoms with Crippen molar-refractivity contribution in [3.8, 4) is 22.3 Å². The van der Waals surface area contributed by atoms with Crippen molar-refractivity contribution in [2.75, 3.05) is 0 Å². The minimum atomic E-state index is -0.330. The van der Waals surface area contributed by atoms with E-state index < -0.39 is 0 Å². The van der Waals surface area contributed by atoms with Crippen molar-refractivity contribution in [2.45, 2.75) is 38.9 Å². The van der Waals surface area contributed by atoms with Gasteiger partial charge in [-0.2, -0.15) is 0 Å². The van der Waals surface area contributed by atoms with Crippen LogP contribution in [0.4, 0.5) is 0 Å². The summed E-state index contributed by atoms with van der Waals surface area (Å²) in [6.07, 6.45) is 0. The van der Waals surface area contributed by atoms with Gasteiger partial charge in [-0.05, 0) is 78.3 Å². The summed E-state index contributed by atoms with van der Waals surface area (Å²) >= 11 is 0. The molecular formula is C28H27BO2. The standard InChI is InChI=1S/C28H27BO2/c1-27(2)28(3,4)31-29(30-27)26-16-14-21(15-17-26)24-13-11-22-10-12-23(18-25(22)19-24)20-8-6-5-7-9-20/h5-19H,1-4H3. The van der Waals surface area contributed by atoms with E-state index in [1.807, 2.05) is 0 Å². The van der Waals surface area contributed by atoms with Crippen LogP contribution in [0, 0.1) is 0 Å². The fourth-order valence-corrected chi connectivity index (χ4v) is 4.05. The Balaban J connectivity index is 1.44. The molecular weight excluding hydrogens is 379 g/mol. The number of hydrogen-bond acceptors (Lipinski definition) is 2. The summed E-state index contributed by atoms with van der Waals surface area (Å²) in [5.74, 6) is 0. The van der Waals surface area contributed by atoms with E-state index in [9.17, 15) is 0 Å². The molecule has 0 radical (unpaired) electrons. The molecule has 0 saturated carbocycles. The van der Waals surface area contributed by atoms with Gasteiger partial charge in [0.25, 0.3) is 0 Å². The lowest BCUT2D eigenvalue weighted by Gasteiger charge is -2.32. The zero-order valence-corrected chi connectivity index (χ0v) is 18.6. The Bertz CT molecular complexity index is 1210. The van der Waals surface area contributed by atoms with Gasteiger partial charge in [0.05, 0.1) is 11.2 Å². The van der Waals surface area contributed by atoms with Gasteiger partial charge in [-0.1, -0.05) is 78.9 Å². The lowest BCUT2D eigenvalue weighted by atomic mass is 9.78. The maximum absolute atomic E-state index is 6.19. The van der Waals surface area contributed by atoms with Crippen LogP contribution in [0.5, 0.6) is 0 Å². The van der Waals surface area contributed by atoms with Crippen molar-refractivity contribution in [3.05, 3.63) is 91.0 Å². The van der Waals surface area contributed by atoms with E-state index in [-0.39, 0.29) is 18.3 Å². The van der Waals surface area contributed by atoms with Gasteiger partial charge in [0.2, 0.25) is 0 Å². The summed E-state index contributed by atoms with van der Waals surface area (Å²) in [6, 6.07) is 32.4. The Hall–Kier alpha value is -2.88. The van der Waals surface area contributed by atoms with Crippen LogP contribution in [0.15, 0.2) is 91.0 Å². The maximum Gasteiger partial charge on any atom is 0.494 e. The molecule has 154 valence electrons. The molecule has 0 amide bonds. The summed E-state index contributed by atoms with van der Waals surface area (Å²) in [6.45, 7) is 8.33. The first-order valence-electron chi connectivity index (χ1n) is 10.9. The lowest BCUT2D eigenvalue weighted by Crippen LogP contribution is -2.41. The topological polar surface area (TPSA) is 18.5 Å². The summed E-state index contributed by atoms with van der Waals surface area (Å²) in [7, 11) is -0.330. The van der Waals surface area contributed by atoms with E-state index >= 15 is 0 Å². The van der Waals surface area contributed by atoms with E-state index in [0.29, 0.717) is 0 Å². The Morgan fingerprint density at radius 3 is 1.55 bits per heavy atom. The van der Waals surface area contributed by atoms with E-state index in [0.717, 1.165) is 5.46 Å². The highest BCUT2D eigenvalue weighted by Gasteiger charge is 2.51. The zero-order chi connectivity index (χ0) is 21.6. The van der Waals surface area contributed by atoms with E-state index in [1.165, 1.54) is 33.0 Å². The Labute approximate surface area is 185 Å². The smallest absolute Gasteiger partial charge is 0.399 e. The van der Waals surface area contributed by atoms with E-state index in [4.69, 9.17) is 9.31 Å². The van der Waals surface area contributed by atoms with E-state index in [1.54, 1.807) is 0 Å². The fourth-order valence-electron chi connectivity index (χ4n) is 4.05. The third-order valence-corrected chi connectivity index (χ3v) is 6.72. The number of fused-ring (bicyclic) bond motifs is 1. The minimum Gasteiger partial charge on any atom is -0.399 e. The third kappa shape index (κ3) is 3.69. The van der Waals surface area contributed by atoms with Crippen LogP contribution >= 0.6 is 0 Å². The largest absolute Gasteiger partial charge is 0.494 e. The molecule has 4 aromatic rings. The molecule has 0 atom stereocenters. The predicted octanol–water partition coefficient (Wildman–Crippen LogP) is 6.47. The quantitative estimate of drug-likeness (QED) is 0.363. The van der Waals surface area contributed by atoms with Crippen molar-refractivity contribution in [3.63, 3.8) is 0 Å². The van der Waals surface area contributed by atoms with Crippen LogP contribution in [0.3, 0.4) is 0 Å². The van der Waals surface area contributed by atoms with Crippen molar-refractivity contribution in [2.24, 2.45) is 0 Å².